The molecule has 3 aromatic carbocycles. The monoisotopic (exact) mass is 386 g/mol. The Morgan fingerprint density at radius 3 is 2.15 bits per heavy atom. The molecule has 0 amide bonds. The van der Waals surface area contributed by atoms with Gasteiger partial charge in [-0.25, -0.2) is 13.6 Å². The first-order chi connectivity index (χ1) is 12.3. The lowest BCUT2D eigenvalue weighted by atomic mass is 9.94. The van der Waals surface area contributed by atoms with Gasteiger partial charge in [0.05, 0.1) is 15.6 Å². The predicted molar refractivity (Wildman–Crippen MR) is 108 cm³/mol. The second kappa shape index (κ2) is 7.11. The molecule has 0 radical (unpaired) electrons. The molecule has 0 saturated carbocycles. The van der Waals surface area contributed by atoms with E-state index in [1.807, 2.05) is 73.6 Å². The largest absolute Gasteiger partial charge is 0.376 e. The molecule has 0 saturated heterocycles. The van der Waals surface area contributed by atoms with Crippen LogP contribution in [0.1, 0.15) is 0 Å². The second-order valence-electron chi connectivity index (χ2n) is 6.15. The Hall–Kier alpha value is -2.34. The highest BCUT2D eigenvalue weighted by atomic mass is 35.5. The van der Waals surface area contributed by atoms with E-state index in [2.05, 4.69) is 0 Å². The molecule has 0 aromatic heterocycles. The summed E-state index contributed by atoms with van der Waals surface area (Å²) >= 11 is 6.42. The number of rotatable bonds is 4. The Balaban J connectivity index is 2.31. The van der Waals surface area contributed by atoms with E-state index < -0.39 is 10.0 Å². The Morgan fingerprint density at radius 1 is 0.885 bits per heavy atom. The summed E-state index contributed by atoms with van der Waals surface area (Å²) < 4.78 is 24.3. The maximum Gasteiger partial charge on any atom is 0.238 e. The van der Waals surface area contributed by atoms with E-state index in [0.717, 1.165) is 22.4 Å². The number of halogens is 1. The fourth-order valence-electron chi connectivity index (χ4n) is 2.95. The number of nitrogens with zero attached hydrogens (tertiary/aromatic N) is 1. The average molecular weight is 387 g/mol. The van der Waals surface area contributed by atoms with Gasteiger partial charge in [-0.2, -0.15) is 0 Å². The van der Waals surface area contributed by atoms with Gasteiger partial charge in [0.1, 0.15) is 0 Å². The third-order valence-electron chi connectivity index (χ3n) is 4.14. The first-order valence-corrected chi connectivity index (χ1v) is 9.90. The molecule has 26 heavy (non-hydrogen) atoms. The number of nitrogens with two attached hydrogens (primary N) is 1. The van der Waals surface area contributed by atoms with Crippen molar-refractivity contribution in [2.24, 2.45) is 5.14 Å². The highest BCUT2D eigenvalue weighted by Crippen LogP contribution is 2.39. The standard InChI is InChI=1S/C20H19ClN2O2S/c1-23(2)18-12-11-15(13-17(18)21)16-9-6-10-19(26(22,24)25)20(16)14-7-4-3-5-8-14/h3-13H,1-2H3,(H2,22,24,25). The zero-order valence-electron chi connectivity index (χ0n) is 14.5. The van der Waals surface area contributed by atoms with Crippen molar-refractivity contribution in [3.05, 3.63) is 71.8 Å². The van der Waals surface area contributed by atoms with Crippen LogP contribution in [0.4, 0.5) is 5.69 Å². The molecule has 134 valence electrons. The number of benzene rings is 3. The minimum absolute atomic E-state index is 0.0917. The summed E-state index contributed by atoms with van der Waals surface area (Å²) in [6, 6.07) is 20.1. The zero-order valence-corrected chi connectivity index (χ0v) is 16.1. The molecule has 0 atom stereocenters. The van der Waals surface area contributed by atoms with Gasteiger partial charge in [-0.15, -0.1) is 0 Å². The van der Waals surface area contributed by atoms with Gasteiger partial charge in [0, 0.05) is 19.7 Å². The van der Waals surface area contributed by atoms with Crippen LogP contribution in [-0.4, -0.2) is 22.5 Å². The van der Waals surface area contributed by atoms with E-state index in [1.165, 1.54) is 6.07 Å². The van der Waals surface area contributed by atoms with Gasteiger partial charge in [-0.1, -0.05) is 60.1 Å². The lowest BCUT2D eigenvalue weighted by molar-refractivity contribution is 0.598. The molecule has 0 aliphatic rings. The SMILES string of the molecule is CN(C)c1ccc(-c2cccc(S(N)(=O)=O)c2-c2ccccc2)cc1Cl. The molecular formula is C20H19ClN2O2S. The highest BCUT2D eigenvalue weighted by molar-refractivity contribution is 7.89. The van der Waals surface area contributed by atoms with Crippen LogP contribution < -0.4 is 10.0 Å². The van der Waals surface area contributed by atoms with E-state index in [-0.39, 0.29) is 4.90 Å². The molecule has 0 bridgehead atoms. The summed E-state index contributed by atoms with van der Waals surface area (Å²) in [4.78, 5) is 2.01. The molecule has 2 N–H and O–H groups in total. The first-order valence-electron chi connectivity index (χ1n) is 7.97. The maximum atomic E-state index is 12.2. The van der Waals surface area contributed by atoms with Crippen LogP contribution in [-0.2, 0) is 10.0 Å². The fraction of sp³-hybridized carbons (Fsp3) is 0.100. The second-order valence-corrected chi connectivity index (χ2v) is 8.09. The van der Waals surface area contributed by atoms with E-state index in [1.54, 1.807) is 6.07 Å². The van der Waals surface area contributed by atoms with Gasteiger partial charge in [0.25, 0.3) is 0 Å². The van der Waals surface area contributed by atoms with Crippen LogP contribution in [0.15, 0.2) is 71.6 Å². The predicted octanol–water partition coefficient (Wildman–Crippen LogP) is 4.39. The molecule has 0 aliphatic carbocycles. The van der Waals surface area contributed by atoms with Crippen LogP contribution in [0.2, 0.25) is 5.02 Å². The molecule has 0 unspecified atom stereocenters. The summed E-state index contributed by atoms with van der Waals surface area (Å²) in [6.45, 7) is 0. The van der Waals surface area contributed by atoms with Crippen molar-refractivity contribution >= 4 is 27.3 Å². The molecule has 3 aromatic rings. The topological polar surface area (TPSA) is 63.4 Å². The van der Waals surface area contributed by atoms with Crippen LogP contribution in [0.5, 0.6) is 0 Å². The van der Waals surface area contributed by atoms with Crippen molar-refractivity contribution in [2.45, 2.75) is 4.90 Å². The maximum absolute atomic E-state index is 12.2. The first kappa shape index (κ1) is 18.5. The zero-order chi connectivity index (χ0) is 18.9. The molecule has 0 heterocycles. The van der Waals surface area contributed by atoms with Crippen molar-refractivity contribution in [2.75, 3.05) is 19.0 Å². The minimum atomic E-state index is -3.89. The average Bonchev–Trinajstić information content (AvgIpc) is 2.60. The van der Waals surface area contributed by atoms with E-state index in [0.29, 0.717) is 10.6 Å². The van der Waals surface area contributed by atoms with Crippen LogP contribution in [0, 0.1) is 0 Å². The van der Waals surface area contributed by atoms with E-state index in [9.17, 15) is 8.42 Å². The van der Waals surface area contributed by atoms with Crippen molar-refractivity contribution < 1.29 is 8.42 Å². The van der Waals surface area contributed by atoms with Crippen molar-refractivity contribution in [1.29, 1.82) is 0 Å². The van der Waals surface area contributed by atoms with Gasteiger partial charge in [0.2, 0.25) is 10.0 Å². The molecule has 3 rings (SSSR count). The third kappa shape index (κ3) is 3.60. The summed E-state index contributed by atoms with van der Waals surface area (Å²) in [5, 5.41) is 6.07. The van der Waals surface area contributed by atoms with Crippen LogP contribution in [0.3, 0.4) is 0 Å². The Kier molecular flexibility index (Phi) is 5.05. The summed E-state index contributed by atoms with van der Waals surface area (Å²) in [7, 11) is -0.0559. The number of hydrogen-bond acceptors (Lipinski definition) is 3. The third-order valence-corrected chi connectivity index (χ3v) is 5.39. The molecule has 0 fully saturated rings. The summed E-state index contributed by atoms with van der Waals surface area (Å²) in [5.41, 5.74) is 3.82. The lowest BCUT2D eigenvalue weighted by Gasteiger charge is -2.18. The number of anilines is 1. The molecular weight excluding hydrogens is 368 g/mol. The van der Waals surface area contributed by atoms with Crippen LogP contribution >= 0.6 is 11.6 Å². The fourth-order valence-corrected chi connectivity index (χ4v) is 4.08. The highest BCUT2D eigenvalue weighted by Gasteiger charge is 2.20. The summed E-state index contributed by atoms with van der Waals surface area (Å²) in [5.74, 6) is 0. The van der Waals surface area contributed by atoms with Crippen molar-refractivity contribution in [1.82, 2.24) is 0 Å². The molecule has 4 nitrogen and oxygen atoms in total. The van der Waals surface area contributed by atoms with Gasteiger partial charge >= 0.3 is 0 Å². The number of sulfonamides is 1. The number of hydrogen-bond donors (Lipinski definition) is 1. The Labute approximate surface area is 158 Å². The number of primary sulfonamides is 1. The van der Waals surface area contributed by atoms with Gasteiger partial charge in [0.15, 0.2) is 0 Å². The van der Waals surface area contributed by atoms with Crippen LogP contribution in [0.25, 0.3) is 22.3 Å². The normalized spacial score (nSPS) is 11.4. The Morgan fingerprint density at radius 2 is 1.58 bits per heavy atom. The summed E-state index contributed by atoms with van der Waals surface area (Å²) in [6.07, 6.45) is 0. The molecule has 0 spiro atoms. The van der Waals surface area contributed by atoms with Crippen molar-refractivity contribution in [3.8, 4) is 22.3 Å². The smallest absolute Gasteiger partial charge is 0.238 e. The van der Waals surface area contributed by atoms with E-state index >= 15 is 0 Å². The lowest BCUT2D eigenvalue weighted by Crippen LogP contribution is -2.14. The quantitative estimate of drug-likeness (QED) is 0.723. The van der Waals surface area contributed by atoms with Gasteiger partial charge in [-0.3, -0.25) is 0 Å². The van der Waals surface area contributed by atoms with Crippen molar-refractivity contribution in [3.63, 3.8) is 0 Å². The van der Waals surface area contributed by atoms with Gasteiger partial charge < -0.3 is 4.90 Å². The minimum Gasteiger partial charge on any atom is -0.376 e. The van der Waals surface area contributed by atoms with Gasteiger partial charge in [-0.05, 0) is 34.9 Å². The molecule has 6 heteroatoms. The Bertz CT molecular complexity index is 1050. The molecule has 0 aliphatic heterocycles. The van der Waals surface area contributed by atoms with E-state index in [4.69, 9.17) is 16.7 Å².